The molecule has 5 nitrogen and oxygen atoms in total. The first-order valence-electron chi connectivity index (χ1n) is 6.15. The van der Waals surface area contributed by atoms with Gasteiger partial charge in [-0.1, -0.05) is 33.6 Å². The first-order valence-corrected chi connectivity index (χ1v) is 6.15. The average Bonchev–Trinajstić information content (AvgIpc) is 2.34. The summed E-state index contributed by atoms with van der Waals surface area (Å²) in [6.07, 6.45) is 3.40. The smallest absolute Gasteiger partial charge is 0.218 e. The van der Waals surface area contributed by atoms with Gasteiger partial charge in [0.1, 0.15) is 11.6 Å². The van der Waals surface area contributed by atoms with Crippen LogP contribution < -0.4 is 16.0 Å². The van der Waals surface area contributed by atoms with Gasteiger partial charge in [0.25, 0.3) is 0 Å². The van der Waals surface area contributed by atoms with Crippen LogP contribution in [0.5, 0.6) is 5.88 Å². The highest BCUT2D eigenvalue weighted by atomic mass is 16.5. The number of hydrazine groups is 1. The number of nitrogens with zero attached hydrogens (tertiary/aromatic N) is 2. The molecular formula is C12H22N4O. The highest BCUT2D eigenvalue weighted by Crippen LogP contribution is 2.18. The summed E-state index contributed by atoms with van der Waals surface area (Å²) in [7, 11) is 0. The summed E-state index contributed by atoms with van der Waals surface area (Å²) in [4.78, 5) is 8.62. The number of anilines is 1. The zero-order valence-electron chi connectivity index (χ0n) is 10.9. The molecule has 0 atom stereocenters. The lowest BCUT2D eigenvalue weighted by Gasteiger charge is -2.10. The monoisotopic (exact) mass is 238 g/mol. The number of ether oxygens (including phenoxy) is 1. The number of hydrogen-bond acceptors (Lipinski definition) is 5. The maximum absolute atomic E-state index is 5.59. The van der Waals surface area contributed by atoms with E-state index in [4.69, 9.17) is 10.6 Å². The van der Waals surface area contributed by atoms with Crippen LogP contribution in [0.15, 0.2) is 6.07 Å². The Kier molecular flexibility index (Phi) is 5.69. The van der Waals surface area contributed by atoms with Crippen LogP contribution >= 0.6 is 0 Å². The standard InChI is InChI=1S/C12H22N4O/c1-4-5-6-7-17-11-8-10(16-13)14-12(15-11)9(2)3/h8-9H,4-7,13H2,1-3H3,(H,14,15,16). The molecule has 0 unspecified atom stereocenters. The molecule has 17 heavy (non-hydrogen) atoms. The second kappa shape index (κ2) is 7.06. The van der Waals surface area contributed by atoms with Crippen LogP contribution in [0.1, 0.15) is 51.8 Å². The third-order valence-corrected chi connectivity index (χ3v) is 2.38. The molecule has 1 heterocycles. The molecule has 0 bridgehead atoms. The maximum atomic E-state index is 5.59. The summed E-state index contributed by atoms with van der Waals surface area (Å²) in [6, 6.07) is 1.72. The first kappa shape index (κ1) is 13.7. The number of aromatic nitrogens is 2. The van der Waals surface area contributed by atoms with Crippen molar-refractivity contribution in [3.8, 4) is 5.88 Å². The number of hydrogen-bond donors (Lipinski definition) is 2. The Labute approximate surface area is 103 Å². The van der Waals surface area contributed by atoms with Crippen molar-refractivity contribution in [3.63, 3.8) is 0 Å². The van der Waals surface area contributed by atoms with E-state index in [-0.39, 0.29) is 5.92 Å². The molecule has 3 N–H and O–H groups in total. The summed E-state index contributed by atoms with van der Waals surface area (Å²) in [6.45, 7) is 6.93. The number of nitrogens with one attached hydrogen (secondary N) is 1. The molecule has 1 rings (SSSR count). The topological polar surface area (TPSA) is 73.1 Å². The molecule has 0 radical (unpaired) electrons. The van der Waals surface area contributed by atoms with Gasteiger partial charge >= 0.3 is 0 Å². The van der Waals surface area contributed by atoms with Crippen LogP contribution in [0.2, 0.25) is 0 Å². The quantitative estimate of drug-likeness (QED) is 0.433. The van der Waals surface area contributed by atoms with Crippen molar-refractivity contribution in [2.24, 2.45) is 5.84 Å². The third kappa shape index (κ3) is 4.56. The van der Waals surface area contributed by atoms with Crippen molar-refractivity contribution in [1.82, 2.24) is 9.97 Å². The molecule has 0 aromatic carbocycles. The molecule has 0 spiro atoms. The van der Waals surface area contributed by atoms with Crippen LogP contribution in [0.4, 0.5) is 5.82 Å². The molecule has 0 aliphatic rings. The van der Waals surface area contributed by atoms with Gasteiger partial charge in [0.15, 0.2) is 0 Å². The summed E-state index contributed by atoms with van der Waals surface area (Å²) in [5.74, 6) is 7.54. The van der Waals surface area contributed by atoms with Gasteiger partial charge in [0.2, 0.25) is 5.88 Å². The van der Waals surface area contributed by atoms with E-state index in [1.54, 1.807) is 6.07 Å². The van der Waals surface area contributed by atoms with Crippen molar-refractivity contribution in [2.45, 2.75) is 46.0 Å². The van der Waals surface area contributed by atoms with Gasteiger partial charge in [-0.3, -0.25) is 0 Å². The van der Waals surface area contributed by atoms with Crippen molar-refractivity contribution in [1.29, 1.82) is 0 Å². The van der Waals surface area contributed by atoms with Crippen LogP contribution in [0.25, 0.3) is 0 Å². The van der Waals surface area contributed by atoms with Crippen molar-refractivity contribution >= 4 is 5.82 Å². The molecule has 0 saturated heterocycles. The van der Waals surface area contributed by atoms with E-state index < -0.39 is 0 Å². The summed E-state index contributed by atoms with van der Waals surface area (Å²) < 4.78 is 5.59. The number of nitrogens with two attached hydrogens (primary N) is 1. The molecular weight excluding hydrogens is 216 g/mol. The largest absolute Gasteiger partial charge is 0.478 e. The number of unbranched alkanes of at least 4 members (excludes halogenated alkanes) is 2. The van der Waals surface area contributed by atoms with E-state index in [0.717, 1.165) is 12.2 Å². The van der Waals surface area contributed by atoms with Crippen molar-refractivity contribution in [3.05, 3.63) is 11.9 Å². The lowest BCUT2D eigenvalue weighted by atomic mass is 10.2. The Morgan fingerprint density at radius 3 is 2.71 bits per heavy atom. The second-order valence-electron chi connectivity index (χ2n) is 4.30. The van der Waals surface area contributed by atoms with Gasteiger partial charge in [-0.25, -0.2) is 10.8 Å². The van der Waals surface area contributed by atoms with E-state index >= 15 is 0 Å². The molecule has 5 heteroatoms. The Bertz CT molecular complexity index is 341. The third-order valence-electron chi connectivity index (χ3n) is 2.38. The van der Waals surface area contributed by atoms with E-state index in [2.05, 4.69) is 22.3 Å². The van der Waals surface area contributed by atoms with Crippen LogP contribution in [-0.2, 0) is 0 Å². The van der Waals surface area contributed by atoms with Gasteiger partial charge in [-0.2, -0.15) is 4.98 Å². The van der Waals surface area contributed by atoms with E-state index in [9.17, 15) is 0 Å². The van der Waals surface area contributed by atoms with Crippen LogP contribution in [-0.4, -0.2) is 16.6 Å². The summed E-state index contributed by atoms with van der Waals surface area (Å²) >= 11 is 0. The Morgan fingerprint density at radius 1 is 1.35 bits per heavy atom. The number of rotatable bonds is 7. The van der Waals surface area contributed by atoms with E-state index in [1.165, 1.54) is 12.8 Å². The highest BCUT2D eigenvalue weighted by Gasteiger charge is 2.08. The van der Waals surface area contributed by atoms with E-state index in [0.29, 0.717) is 18.3 Å². The van der Waals surface area contributed by atoms with Gasteiger partial charge in [-0.05, 0) is 6.42 Å². The molecule has 0 amide bonds. The SMILES string of the molecule is CCCCCOc1cc(NN)nc(C(C)C)n1. The molecule has 96 valence electrons. The molecule has 0 saturated carbocycles. The molecule has 0 aliphatic heterocycles. The predicted molar refractivity (Wildman–Crippen MR) is 69.0 cm³/mol. The maximum Gasteiger partial charge on any atom is 0.218 e. The summed E-state index contributed by atoms with van der Waals surface area (Å²) in [5.41, 5.74) is 2.53. The predicted octanol–water partition coefficient (Wildman–Crippen LogP) is 2.45. The number of nitrogen functional groups attached to an aromatic ring is 1. The van der Waals surface area contributed by atoms with Gasteiger partial charge in [-0.15, -0.1) is 0 Å². The summed E-state index contributed by atoms with van der Waals surface area (Å²) in [5, 5.41) is 0. The lowest BCUT2D eigenvalue weighted by molar-refractivity contribution is 0.293. The fourth-order valence-corrected chi connectivity index (χ4v) is 1.38. The fraction of sp³-hybridized carbons (Fsp3) is 0.667. The van der Waals surface area contributed by atoms with Crippen molar-refractivity contribution in [2.75, 3.05) is 12.0 Å². The molecule has 0 fully saturated rings. The van der Waals surface area contributed by atoms with Gasteiger partial charge < -0.3 is 10.2 Å². The minimum absolute atomic E-state index is 0.251. The molecule has 1 aromatic rings. The Balaban J connectivity index is 2.66. The van der Waals surface area contributed by atoms with Crippen LogP contribution in [0, 0.1) is 0 Å². The molecule has 0 aliphatic carbocycles. The average molecular weight is 238 g/mol. The highest BCUT2D eigenvalue weighted by molar-refractivity contribution is 5.37. The zero-order valence-corrected chi connectivity index (χ0v) is 10.9. The van der Waals surface area contributed by atoms with Gasteiger partial charge in [0.05, 0.1) is 6.61 Å². The first-order chi connectivity index (χ1) is 8.17. The minimum Gasteiger partial charge on any atom is -0.478 e. The lowest BCUT2D eigenvalue weighted by Crippen LogP contribution is -2.12. The normalized spacial score (nSPS) is 10.6. The second-order valence-corrected chi connectivity index (χ2v) is 4.30. The fourth-order valence-electron chi connectivity index (χ4n) is 1.38. The van der Waals surface area contributed by atoms with E-state index in [1.807, 2.05) is 13.8 Å². The van der Waals surface area contributed by atoms with Crippen LogP contribution in [0.3, 0.4) is 0 Å². The van der Waals surface area contributed by atoms with Crippen molar-refractivity contribution < 1.29 is 4.74 Å². The Hall–Kier alpha value is -1.36. The minimum atomic E-state index is 0.251. The molecule has 1 aromatic heterocycles. The Morgan fingerprint density at radius 2 is 2.12 bits per heavy atom. The van der Waals surface area contributed by atoms with Gasteiger partial charge in [0, 0.05) is 12.0 Å². The zero-order chi connectivity index (χ0) is 12.7.